The Balaban J connectivity index is 1.80. The van der Waals surface area contributed by atoms with Gasteiger partial charge < -0.3 is 10.1 Å². The molecule has 1 heterocycles. The highest BCUT2D eigenvalue weighted by Crippen LogP contribution is 2.22. The molecular formula is C17H25ClN2O2. The second-order valence-electron chi connectivity index (χ2n) is 5.75. The minimum Gasteiger partial charge on any atom is -0.385 e. The molecule has 1 amide bonds. The standard InChI is InChI=1S/C17H25ClN2O2/c1-22-13-10-14-6-4-5-11-20(14)12-9-17(21)19-16-8-3-2-7-15(16)18/h2-3,7-8,14H,4-6,9-13H2,1H3,(H,19,21)/t14-/m1/s1. The number of ether oxygens (including phenoxy) is 1. The van der Waals surface area contributed by atoms with Gasteiger partial charge in [-0.2, -0.15) is 0 Å². The van der Waals surface area contributed by atoms with E-state index in [2.05, 4.69) is 10.2 Å². The molecule has 0 spiro atoms. The third-order valence-corrected chi connectivity index (χ3v) is 4.51. The Morgan fingerprint density at radius 1 is 1.41 bits per heavy atom. The van der Waals surface area contributed by atoms with E-state index in [4.69, 9.17) is 16.3 Å². The Bertz CT molecular complexity index is 481. The molecular weight excluding hydrogens is 300 g/mol. The number of nitrogens with one attached hydrogen (secondary N) is 1. The van der Waals surface area contributed by atoms with E-state index >= 15 is 0 Å². The van der Waals surface area contributed by atoms with E-state index in [-0.39, 0.29) is 5.91 Å². The van der Waals surface area contributed by atoms with Gasteiger partial charge in [0.25, 0.3) is 0 Å². The van der Waals surface area contributed by atoms with Crippen LogP contribution in [0.25, 0.3) is 0 Å². The van der Waals surface area contributed by atoms with Crippen molar-refractivity contribution in [1.29, 1.82) is 0 Å². The second-order valence-corrected chi connectivity index (χ2v) is 6.15. The number of piperidine rings is 1. The summed E-state index contributed by atoms with van der Waals surface area (Å²) in [5.74, 6) is 0.0177. The van der Waals surface area contributed by atoms with Crippen molar-refractivity contribution in [2.45, 2.75) is 38.1 Å². The first-order valence-corrected chi connectivity index (χ1v) is 8.36. The maximum atomic E-state index is 12.1. The molecule has 0 aromatic heterocycles. The van der Waals surface area contributed by atoms with Crippen molar-refractivity contribution in [2.24, 2.45) is 0 Å². The Morgan fingerprint density at radius 3 is 3.00 bits per heavy atom. The van der Waals surface area contributed by atoms with Gasteiger partial charge in [-0.15, -0.1) is 0 Å². The summed E-state index contributed by atoms with van der Waals surface area (Å²) in [6.07, 6.45) is 5.24. The number of anilines is 1. The van der Waals surface area contributed by atoms with Crippen molar-refractivity contribution >= 4 is 23.2 Å². The maximum absolute atomic E-state index is 12.1. The van der Waals surface area contributed by atoms with Crippen LogP contribution in [0.2, 0.25) is 5.02 Å². The molecule has 22 heavy (non-hydrogen) atoms. The fraction of sp³-hybridized carbons (Fsp3) is 0.588. The lowest BCUT2D eigenvalue weighted by Gasteiger charge is -2.35. The smallest absolute Gasteiger partial charge is 0.225 e. The third-order valence-electron chi connectivity index (χ3n) is 4.18. The summed E-state index contributed by atoms with van der Waals surface area (Å²) in [4.78, 5) is 14.5. The summed E-state index contributed by atoms with van der Waals surface area (Å²) in [7, 11) is 1.74. The SMILES string of the molecule is COCC[C@H]1CCCCN1CCC(=O)Nc1ccccc1Cl. The normalized spacial score (nSPS) is 19.1. The van der Waals surface area contributed by atoms with Crippen molar-refractivity contribution in [3.63, 3.8) is 0 Å². The van der Waals surface area contributed by atoms with Crippen LogP contribution in [-0.4, -0.2) is 43.7 Å². The number of methoxy groups -OCH3 is 1. The molecule has 5 heteroatoms. The number of likely N-dealkylation sites (tertiary alicyclic amines) is 1. The fourth-order valence-corrected chi connectivity index (χ4v) is 3.14. The number of halogens is 1. The highest BCUT2D eigenvalue weighted by Gasteiger charge is 2.22. The van der Waals surface area contributed by atoms with Crippen LogP contribution in [0.15, 0.2) is 24.3 Å². The zero-order chi connectivity index (χ0) is 15.8. The van der Waals surface area contributed by atoms with Gasteiger partial charge in [0.1, 0.15) is 0 Å². The van der Waals surface area contributed by atoms with Gasteiger partial charge in [-0.05, 0) is 37.9 Å². The molecule has 0 radical (unpaired) electrons. The van der Waals surface area contributed by atoms with E-state index in [0.29, 0.717) is 23.2 Å². The number of nitrogens with zero attached hydrogens (tertiary/aromatic N) is 1. The van der Waals surface area contributed by atoms with E-state index in [1.54, 1.807) is 13.2 Å². The van der Waals surface area contributed by atoms with Crippen molar-refractivity contribution < 1.29 is 9.53 Å². The van der Waals surface area contributed by atoms with Crippen LogP contribution in [0.5, 0.6) is 0 Å². The monoisotopic (exact) mass is 324 g/mol. The lowest BCUT2D eigenvalue weighted by atomic mass is 9.99. The molecule has 0 bridgehead atoms. The molecule has 1 N–H and O–H groups in total. The first kappa shape index (κ1) is 17.3. The minimum atomic E-state index is 0.0177. The number of carbonyl (C=O) groups is 1. The summed E-state index contributed by atoms with van der Waals surface area (Å²) < 4.78 is 5.19. The Morgan fingerprint density at radius 2 is 2.23 bits per heavy atom. The molecule has 0 saturated carbocycles. The first-order valence-electron chi connectivity index (χ1n) is 7.98. The molecule has 4 nitrogen and oxygen atoms in total. The topological polar surface area (TPSA) is 41.6 Å². The Labute approximate surface area is 137 Å². The van der Waals surface area contributed by atoms with E-state index in [1.165, 1.54) is 19.3 Å². The molecule has 1 saturated heterocycles. The van der Waals surface area contributed by atoms with Crippen LogP contribution < -0.4 is 5.32 Å². The van der Waals surface area contributed by atoms with E-state index in [0.717, 1.165) is 26.1 Å². The van der Waals surface area contributed by atoms with Crippen LogP contribution in [0.3, 0.4) is 0 Å². The average molecular weight is 325 g/mol. The Kier molecular flexibility index (Phi) is 7.16. The molecule has 1 atom stereocenters. The van der Waals surface area contributed by atoms with E-state index in [1.807, 2.05) is 18.2 Å². The number of para-hydroxylation sites is 1. The van der Waals surface area contributed by atoms with Crippen LogP contribution in [0.4, 0.5) is 5.69 Å². The highest BCUT2D eigenvalue weighted by molar-refractivity contribution is 6.33. The number of amides is 1. The lowest BCUT2D eigenvalue weighted by Crippen LogP contribution is -2.41. The molecule has 1 aliphatic rings. The second kappa shape index (κ2) is 9.13. The van der Waals surface area contributed by atoms with Gasteiger partial charge in [-0.25, -0.2) is 0 Å². The summed E-state index contributed by atoms with van der Waals surface area (Å²) in [5.41, 5.74) is 0.684. The number of hydrogen-bond acceptors (Lipinski definition) is 3. The summed E-state index contributed by atoms with van der Waals surface area (Å²) >= 11 is 6.06. The van der Waals surface area contributed by atoms with Gasteiger partial charge in [-0.1, -0.05) is 30.2 Å². The average Bonchev–Trinajstić information content (AvgIpc) is 2.54. The van der Waals surface area contributed by atoms with Crippen LogP contribution >= 0.6 is 11.6 Å². The largest absolute Gasteiger partial charge is 0.385 e. The van der Waals surface area contributed by atoms with Crippen molar-refractivity contribution in [3.05, 3.63) is 29.3 Å². The molecule has 1 fully saturated rings. The van der Waals surface area contributed by atoms with Gasteiger partial charge in [0.15, 0.2) is 0 Å². The number of carbonyl (C=O) groups excluding carboxylic acids is 1. The highest BCUT2D eigenvalue weighted by atomic mass is 35.5. The van der Waals surface area contributed by atoms with Crippen molar-refractivity contribution in [1.82, 2.24) is 4.90 Å². The zero-order valence-corrected chi connectivity index (χ0v) is 13.9. The van der Waals surface area contributed by atoms with Crippen molar-refractivity contribution in [3.8, 4) is 0 Å². The molecule has 1 aromatic carbocycles. The van der Waals surface area contributed by atoms with Crippen LogP contribution in [0.1, 0.15) is 32.1 Å². The van der Waals surface area contributed by atoms with E-state index in [9.17, 15) is 4.79 Å². The number of benzene rings is 1. The molecule has 1 aromatic rings. The van der Waals surface area contributed by atoms with Crippen LogP contribution in [-0.2, 0) is 9.53 Å². The summed E-state index contributed by atoms with van der Waals surface area (Å²) in [6.45, 7) is 2.66. The minimum absolute atomic E-state index is 0.0177. The summed E-state index contributed by atoms with van der Waals surface area (Å²) in [6, 6.07) is 7.87. The van der Waals surface area contributed by atoms with Gasteiger partial charge in [0, 0.05) is 32.7 Å². The quantitative estimate of drug-likeness (QED) is 0.833. The predicted octanol–water partition coefficient (Wildman–Crippen LogP) is 3.56. The van der Waals surface area contributed by atoms with Gasteiger partial charge in [0.2, 0.25) is 5.91 Å². The number of rotatable bonds is 7. The summed E-state index contributed by atoms with van der Waals surface area (Å²) in [5, 5.41) is 3.46. The molecule has 1 aliphatic heterocycles. The third kappa shape index (κ3) is 5.27. The molecule has 2 rings (SSSR count). The maximum Gasteiger partial charge on any atom is 0.225 e. The van der Waals surface area contributed by atoms with Gasteiger partial charge in [0.05, 0.1) is 10.7 Å². The fourth-order valence-electron chi connectivity index (χ4n) is 2.96. The van der Waals surface area contributed by atoms with Gasteiger partial charge in [-0.3, -0.25) is 9.69 Å². The molecule has 122 valence electrons. The van der Waals surface area contributed by atoms with Gasteiger partial charge >= 0.3 is 0 Å². The number of hydrogen-bond donors (Lipinski definition) is 1. The Hall–Kier alpha value is -1.10. The lowest BCUT2D eigenvalue weighted by molar-refractivity contribution is -0.116. The van der Waals surface area contributed by atoms with Crippen LogP contribution in [0, 0.1) is 0 Å². The molecule has 0 unspecified atom stereocenters. The van der Waals surface area contributed by atoms with Crippen molar-refractivity contribution in [2.75, 3.05) is 32.1 Å². The first-order chi connectivity index (χ1) is 10.7. The predicted molar refractivity (Wildman–Crippen MR) is 90.4 cm³/mol. The molecule has 0 aliphatic carbocycles. The van der Waals surface area contributed by atoms with E-state index < -0.39 is 0 Å². The zero-order valence-electron chi connectivity index (χ0n) is 13.2.